The molecule has 0 amide bonds. The van der Waals surface area contributed by atoms with E-state index < -0.39 is 0 Å². The third-order valence-corrected chi connectivity index (χ3v) is 2.84. The third kappa shape index (κ3) is 3.34. The summed E-state index contributed by atoms with van der Waals surface area (Å²) in [5, 5.41) is 8.98. The van der Waals surface area contributed by atoms with Gasteiger partial charge in [0.15, 0.2) is 0 Å². The van der Waals surface area contributed by atoms with E-state index in [2.05, 4.69) is 4.98 Å². The van der Waals surface area contributed by atoms with Gasteiger partial charge in [0, 0.05) is 0 Å². The van der Waals surface area contributed by atoms with Crippen LogP contribution in [0.5, 0.6) is 5.75 Å². The van der Waals surface area contributed by atoms with Crippen molar-refractivity contribution < 1.29 is 4.74 Å². The molecule has 0 N–H and O–H groups in total. The lowest BCUT2D eigenvalue weighted by Crippen LogP contribution is -1.85. The second-order valence-electron chi connectivity index (χ2n) is 3.79. The van der Waals surface area contributed by atoms with Crippen LogP contribution in [-0.2, 0) is 0 Å². The van der Waals surface area contributed by atoms with Gasteiger partial charge in [-0.1, -0.05) is 29.8 Å². The zero-order chi connectivity index (χ0) is 13.7. The van der Waals surface area contributed by atoms with Gasteiger partial charge in [-0.3, -0.25) is 0 Å². The molecule has 0 aliphatic rings. The minimum Gasteiger partial charge on any atom is -0.497 e. The van der Waals surface area contributed by atoms with Crippen molar-refractivity contribution in [3.8, 4) is 11.8 Å². The Morgan fingerprint density at radius 1 is 1.16 bits per heavy atom. The van der Waals surface area contributed by atoms with Gasteiger partial charge in [-0.05, 0) is 35.9 Å². The number of aromatic nitrogens is 1. The van der Waals surface area contributed by atoms with Crippen molar-refractivity contribution in [3.63, 3.8) is 0 Å². The average Bonchev–Trinajstić information content (AvgIpc) is 2.46. The van der Waals surface area contributed by atoms with E-state index in [-0.39, 0.29) is 5.15 Å². The first-order valence-corrected chi connectivity index (χ1v) is 5.99. The van der Waals surface area contributed by atoms with Crippen molar-refractivity contribution in [2.75, 3.05) is 7.11 Å². The molecule has 1 heterocycles. The monoisotopic (exact) mass is 270 g/mol. The molecule has 3 nitrogen and oxygen atoms in total. The summed E-state index contributed by atoms with van der Waals surface area (Å²) in [5.74, 6) is 0.816. The minimum absolute atomic E-state index is 0.222. The third-order valence-electron chi connectivity index (χ3n) is 2.55. The molecule has 0 fully saturated rings. The van der Waals surface area contributed by atoms with Gasteiger partial charge in [0.05, 0.1) is 18.4 Å². The number of nitrogens with zero attached hydrogens (tertiary/aromatic N) is 2. The van der Waals surface area contributed by atoms with Gasteiger partial charge in [0.1, 0.15) is 17.0 Å². The molecule has 0 aliphatic carbocycles. The molecule has 0 unspecified atom stereocenters. The van der Waals surface area contributed by atoms with Crippen LogP contribution in [0.4, 0.5) is 0 Å². The fourth-order valence-electron chi connectivity index (χ4n) is 1.52. The number of ether oxygens (including phenoxy) is 1. The molecule has 2 aromatic rings. The Balaban J connectivity index is 2.18. The summed E-state index contributed by atoms with van der Waals surface area (Å²) in [6.07, 6.45) is 3.76. The Kier molecular flexibility index (Phi) is 4.17. The van der Waals surface area contributed by atoms with Gasteiger partial charge in [0.2, 0.25) is 0 Å². The summed E-state index contributed by atoms with van der Waals surface area (Å²) in [6.45, 7) is 0. The van der Waals surface area contributed by atoms with E-state index in [0.717, 1.165) is 11.3 Å². The second kappa shape index (κ2) is 6.03. The largest absolute Gasteiger partial charge is 0.497 e. The van der Waals surface area contributed by atoms with Crippen LogP contribution in [0.2, 0.25) is 5.15 Å². The molecular weight excluding hydrogens is 260 g/mol. The van der Waals surface area contributed by atoms with E-state index in [1.54, 1.807) is 19.2 Å². The predicted octanol–water partition coefficient (Wildman–Crippen LogP) is 3.79. The standard InChI is InChI=1S/C15H11ClN2O/c1-19-14-8-3-11(4-9-14)2-6-13-7-5-12(10-17)15(16)18-13/h2-9H,1H3/b6-2+. The van der Waals surface area contributed by atoms with Gasteiger partial charge >= 0.3 is 0 Å². The first-order chi connectivity index (χ1) is 9.22. The number of rotatable bonds is 3. The highest BCUT2D eigenvalue weighted by Gasteiger charge is 2.00. The smallest absolute Gasteiger partial charge is 0.147 e. The van der Waals surface area contributed by atoms with E-state index >= 15 is 0 Å². The minimum atomic E-state index is 0.222. The van der Waals surface area contributed by atoms with Gasteiger partial charge in [-0.2, -0.15) is 5.26 Å². The Morgan fingerprint density at radius 2 is 1.89 bits per heavy atom. The van der Waals surface area contributed by atoms with E-state index in [0.29, 0.717) is 11.3 Å². The summed E-state index contributed by atoms with van der Waals surface area (Å²) >= 11 is 5.87. The molecule has 1 aromatic heterocycles. The molecule has 0 radical (unpaired) electrons. The van der Waals surface area contributed by atoms with Crippen molar-refractivity contribution >= 4 is 23.8 Å². The summed E-state index contributed by atoms with van der Waals surface area (Å²) in [7, 11) is 1.63. The lowest BCUT2D eigenvalue weighted by atomic mass is 10.2. The fraction of sp³-hybridized carbons (Fsp3) is 0.0667. The van der Waals surface area contributed by atoms with Crippen LogP contribution in [0.1, 0.15) is 16.8 Å². The van der Waals surface area contributed by atoms with Gasteiger partial charge < -0.3 is 4.74 Å². The number of nitriles is 1. The van der Waals surface area contributed by atoms with Crippen LogP contribution in [0.15, 0.2) is 36.4 Å². The molecule has 94 valence electrons. The quantitative estimate of drug-likeness (QED) is 0.797. The molecular formula is C15H11ClN2O. The maximum absolute atomic E-state index is 8.76. The van der Waals surface area contributed by atoms with Crippen molar-refractivity contribution in [2.24, 2.45) is 0 Å². The Bertz CT molecular complexity index is 642. The van der Waals surface area contributed by atoms with Crippen molar-refractivity contribution in [3.05, 3.63) is 58.4 Å². The van der Waals surface area contributed by atoms with Crippen LogP contribution in [0.25, 0.3) is 12.2 Å². The van der Waals surface area contributed by atoms with Crippen LogP contribution in [-0.4, -0.2) is 12.1 Å². The number of benzene rings is 1. The first kappa shape index (κ1) is 13.1. The molecule has 19 heavy (non-hydrogen) atoms. The highest BCUT2D eigenvalue weighted by atomic mass is 35.5. The number of methoxy groups -OCH3 is 1. The number of hydrogen-bond donors (Lipinski definition) is 0. The van der Waals surface area contributed by atoms with Crippen molar-refractivity contribution in [1.82, 2.24) is 4.98 Å². The van der Waals surface area contributed by atoms with Gasteiger partial charge in [-0.25, -0.2) is 4.98 Å². The van der Waals surface area contributed by atoms with E-state index in [4.69, 9.17) is 21.6 Å². The molecule has 2 rings (SSSR count). The SMILES string of the molecule is COc1ccc(/C=C/c2ccc(C#N)c(Cl)n2)cc1. The van der Waals surface area contributed by atoms with Gasteiger partial charge in [0.25, 0.3) is 0 Å². The Hall–Kier alpha value is -2.31. The van der Waals surface area contributed by atoms with Crippen LogP contribution in [0, 0.1) is 11.3 Å². The number of hydrogen-bond acceptors (Lipinski definition) is 3. The summed E-state index contributed by atoms with van der Waals surface area (Å²) in [5.41, 5.74) is 2.12. The van der Waals surface area contributed by atoms with E-state index in [1.807, 2.05) is 42.5 Å². The Labute approximate surface area is 116 Å². The van der Waals surface area contributed by atoms with Crippen molar-refractivity contribution in [2.45, 2.75) is 0 Å². The molecule has 4 heteroatoms. The van der Waals surface area contributed by atoms with E-state index in [9.17, 15) is 0 Å². The molecule has 0 saturated carbocycles. The zero-order valence-corrected chi connectivity index (χ0v) is 11.1. The van der Waals surface area contributed by atoms with Crippen LogP contribution in [0.3, 0.4) is 0 Å². The molecule has 0 saturated heterocycles. The predicted molar refractivity (Wildman–Crippen MR) is 75.9 cm³/mol. The molecule has 0 bridgehead atoms. The summed E-state index contributed by atoms with van der Waals surface area (Å²) in [6, 6.07) is 13.1. The first-order valence-electron chi connectivity index (χ1n) is 5.61. The van der Waals surface area contributed by atoms with Crippen molar-refractivity contribution in [1.29, 1.82) is 5.26 Å². The normalized spacial score (nSPS) is 10.4. The average molecular weight is 271 g/mol. The van der Waals surface area contributed by atoms with E-state index in [1.165, 1.54) is 0 Å². The lowest BCUT2D eigenvalue weighted by Gasteiger charge is -1.99. The van der Waals surface area contributed by atoms with Gasteiger partial charge in [-0.15, -0.1) is 0 Å². The molecule has 0 atom stereocenters. The maximum atomic E-state index is 8.76. The van der Waals surface area contributed by atoms with Crippen LogP contribution >= 0.6 is 11.6 Å². The Morgan fingerprint density at radius 3 is 2.47 bits per heavy atom. The highest BCUT2D eigenvalue weighted by molar-refractivity contribution is 6.30. The highest BCUT2D eigenvalue weighted by Crippen LogP contribution is 2.16. The number of pyridine rings is 1. The zero-order valence-electron chi connectivity index (χ0n) is 10.3. The number of halogens is 1. The fourth-order valence-corrected chi connectivity index (χ4v) is 1.72. The molecule has 0 spiro atoms. The summed E-state index contributed by atoms with van der Waals surface area (Å²) < 4.78 is 5.09. The van der Waals surface area contributed by atoms with Crippen LogP contribution < -0.4 is 4.74 Å². The lowest BCUT2D eigenvalue weighted by molar-refractivity contribution is 0.415. The molecule has 1 aromatic carbocycles. The summed E-state index contributed by atoms with van der Waals surface area (Å²) in [4.78, 5) is 4.12. The topological polar surface area (TPSA) is 45.9 Å². The maximum Gasteiger partial charge on any atom is 0.147 e. The second-order valence-corrected chi connectivity index (χ2v) is 4.15. The molecule has 0 aliphatic heterocycles.